The third-order valence-electron chi connectivity index (χ3n) is 10.0. The summed E-state index contributed by atoms with van der Waals surface area (Å²) in [4.78, 5) is 50.5. The summed E-state index contributed by atoms with van der Waals surface area (Å²) in [5.74, 6) is -1.22. The minimum atomic E-state index is -1.14. The number of carboxylic acids is 1. The van der Waals surface area contributed by atoms with Crippen LogP contribution in [0.5, 0.6) is 0 Å². The smallest absolute Gasteiger partial charge is 0.410 e. The molecule has 17 nitrogen and oxygen atoms in total. The predicted octanol–water partition coefficient (Wildman–Crippen LogP) is 9.20. The van der Waals surface area contributed by atoms with Crippen LogP contribution < -0.4 is 10.6 Å². The van der Waals surface area contributed by atoms with E-state index in [4.69, 9.17) is 59.0 Å². The molecule has 8 rings (SSSR count). The Hall–Kier alpha value is -6.87. The van der Waals surface area contributed by atoms with Crippen molar-refractivity contribution in [1.82, 2.24) is 35.9 Å². The Bertz CT molecular complexity index is 2690. The van der Waals surface area contributed by atoms with E-state index in [1.54, 1.807) is 70.5 Å². The largest absolute Gasteiger partial charge is 0.475 e. The number of aromatic carboxylic acids is 1. The summed E-state index contributed by atoms with van der Waals surface area (Å²) < 4.78 is 20.3. The summed E-state index contributed by atoms with van der Waals surface area (Å²) in [6.45, 7) is 9.10. The van der Waals surface area contributed by atoms with Gasteiger partial charge in [0.25, 0.3) is 11.8 Å². The van der Waals surface area contributed by atoms with E-state index in [0.29, 0.717) is 64.9 Å². The number of hydrogen-bond acceptors (Lipinski definition) is 13. The lowest BCUT2D eigenvalue weighted by molar-refractivity contribution is 0.0288. The van der Waals surface area contributed by atoms with E-state index in [1.165, 1.54) is 6.07 Å². The second-order valence-electron chi connectivity index (χ2n) is 16.3. The molecule has 3 N–H and O–H groups in total. The maximum atomic E-state index is 12.3. The van der Waals surface area contributed by atoms with E-state index >= 15 is 0 Å². The van der Waals surface area contributed by atoms with Crippen LogP contribution in [0.1, 0.15) is 65.3 Å². The highest BCUT2D eigenvalue weighted by atomic mass is 35.5. The van der Waals surface area contributed by atoms with E-state index in [9.17, 15) is 19.2 Å². The van der Waals surface area contributed by atoms with Crippen LogP contribution in [-0.2, 0) is 4.74 Å². The molecule has 2 aliphatic heterocycles. The van der Waals surface area contributed by atoms with Crippen molar-refractivity contribution < 1.29 is 42.6 Å². The average molecular weight is 960 g/mol. The van der Waals surface area contributed by atoms with Crippen LogP contribution >= 0.6 is 34.8 Å². The third-order valence-corrected chi connectivity index (χ3v) is 10.7. The minimum absolute atomic E-state index is 0.136. The van der Waals surface area contributed by atoms with Crippen LogP contribution in [0, 0.1) is 23.3 Å². The van der Waals surface area contributed by atoms with Crippen LogP contribution in [0.4, 0.5) is 4.79 Å². The molecule has 20 heteroatoms. The normalized spacial score (nSPS) is 15.4. The summed E-state index contributed by atoms with van der Waals surface area (Å²) in [7, 11) is 0. The zero-order valence-electron chi connectivity index (χ0n) is 36.0. The minimum Gasteiger partial charge on any atom is -0.475 e. The number of rotatable bonds is 10. The Morgan fingerprint density at radius 3 is 1.52 bits per heavy atom. The zero-order chi connectivity index (χ0) is 47.4. The van der Waals surface area contributed by atoms with Crippen molar-refractivity contribution in [2.45, 2.75) is 39.2 Å². The lowest BCUT2D eigenvalue weighted by Gasteiger charge is -2.24. The van der Waals surface area contributed by atoms with Gasteiger partial charge in [0.1, 0.15) is 22.7 Å². The molecule has 2 aliphatic rings. The quantitative estimate of drug-likeness (QED) is 0.109. The molecule has 0 unspecified atom stereocenters. The monoisotopic (exact) mass is 958 g/mol. The predicted molar refractivity (Wildman–Crippen MR) is 244 cm³/mol. The number of nitrogens with one attached hydrogen (secondary N) is 2. The number of ether oxygens (including phenoxy) is 1. The van der Waals surface area contributed by atoms with Crippen molar-refractivity contribution in [2.24, 2.45) is 11.8 Å². The van der Waals surface area contributed by atoms with E-state index < -0.39 is 11.6 Å². The van der Waals surface area contributed by atoms with Gasteiger partial charge in [-0.15, -0.1) is 0 Å². The molecule has 2 atom stereocenters. The van der Waals surface area contributed by atoms with Gasteiger partial charge in [0.05, 0.1) is 0 Å². The molecule has 0 spiro atoms. The van der Waals surface area contributed by atoms with Crippen LogP contribution in [0.3, 0.4) is 0 Å². The van der Waals surface area contributed by atoms with E-state index in [2.05, 4.69) is 36.8 Å². The highest BCUT2D eigenvalue weighted by molar-refractivity contribution is 6.31. The lowest BCUT2D eigenvalue weighted by Crippen LogP contribution is -2.36. The highest BCUT2D eigenvalue weighted by Crippen LogP contribution is 2.26. The number of carbonyl (C=O) groups excluding carboxylic acids is 3. The van der Waals surface area contributed by atoms with Gasteiger partial charge in [-0.3, -0.25) is 9.59 Å². The summed E-state index contributed by atoms with van der Waals surface area (Å²) in [6, 6.07) is 25.8. The van der Waals surface area contributed by atoms with Gasteiger partial charge in [-0.2, -0.15) is 5.26 Å². The first-order chi connectivity index (χ1) is 31.5. The van der Waals surface area contributed by atoms with Gasteiger partial charge in [-0.05, 0) is 81.8 Å². The molecule has 2 fully saturated rings. The third kappa shape index (κ3) is 14.1. The van der Waals surface area contributed by atoms with Crippen LogP contribution in [-0.4, -0.2) is 99.1 Å². The first-order valence-electron chi connectivity index (χ1n) is 20.6. The molecular weight excluding hydrogens is 915 g/mol. The number of nitriles is 1. The number of halogens is 3. The van der Waals surface area contributed by atoms with Gasteiger partial charge in [-0.25, -0.2) is 9.59 Å². The fourth-order valence-electron chi connectivity index (χ4n) is 6.72. The summed E-state index contributed by atoms with van der Waals surface area (Å²) in [5.41, 5.74) is 3.34. The van der Waals surface area contributed by atoms with Gasteiger partial charge in [0.2, 0.25) is 17.3 Å². The Balaban J connectivity index is 0.000000171. The van der Waals surface area contributed by atoms with E-state index in [-0.39, 0.29) is 47.0 Å². The van der Waals surface area contributed by atoms with Crippen LogP contribution in [0.15, 0.2) is 105 Å². The molecule has 0 aliphatic carbocycles. The maximum Gasteiger partial charge on any atom is 0.410 e. The Kier molecular flexibility index (Phi) is 16.5. The SMILES string of the molecule is CC(C)(C)OC(=O)N1CC[C@H](CNC(=O)c2cc(-c3cccc(Cl)c3)no2)C1.N#CN1CC[C@H](CNC(=O)c2cc(-c3cccc(Cl)c3)no2)C1.O=C(O)c1cc(-c2cccc(Cl)c2)no1. The van der Waals surface area contributed by atoms with Gasteiger partial charge in [0.15, 0.2) is 6.19 Å². The number of aromatic nitrogens is 3. The topological polar surface area (TPSA) is 230 Å². The molecule has 0 radical (unpaired) electrons. The molecule has 2 saturated heterocycles. The fourth-order valence-corrected chi connectivity index (χ4v) is 7.29. The zero-order valence-corrected chi connectivity index (χ0v) is 38.3. The van der Waals surface area contributed by atoms with Crippen molar-refractivity contribution in [2.75, 3.05) is 39.3 Å². The molecular formula is C46H45Cl3N8O9. The molecule has 0 saturated carbocycles. The number of amides is 3. The standard InChI is InChI=1S/C20H24ClN3O4.C16H15ClN4O2.C10H6ClNO3/c1-20(2,3)27-19(26)24-8-7-13(12-24)11-22-18(25)17-10-16(23-28-17)14-5-4-6-15(21)9-14;17-13-3-1-2-12(6-13)14-7-15(23-20-14)16(22)19-8-11-4-5-21(9-11)10-18;11-7-3-1-2-6(4-7)8-5-9(10(13)14)15-12-8/h4-6,9-10,13H,7-8,11-12H2,1-3H3,(H,22,25);1-3,6-7,11H,4-5,8-9H2,(H,19,22);1-5H,(H,13,14)/t13-;11-;/m11./s1. The Labute approximate surface area is 394 Å². The maximum absolute atomic E-state index is 12.3. The number of likely N-dealkylation sites (tertiary alicyclic amines) is 2. The molecule has 3 aromatic carbocycles. The molecule has 5 heterocycles. The van der Waals surface area contributed by atoms with Gasteiger partial charge < -0.3 is 43.8 Å². The van der Waals surface area contributed by atoms with E-state index in [1.807, 2.05) is 45.0 Å². The van der Waals surface area contributed by atoms with Crippen molar-refractivity contribution in [3.63, 3.8) is 0 Å². The van der Waals surface area contributed by atoms with Crippen molar-refractivity contribution in [3.8, 4) is 40.0 Å². The van der Waals surface area contributed by atoms with Crippen LogP contribution in [0.2, 0.25) is 15.1 Å². The second kappa shape index (κ2) is 22.4. The molecule has 66 heavy (non-hydrogen) atoms. The van der Waals surface area contributed by atoms with Crippen LogP contribution in [0.25, 0.3) is 33.8 Å². The number of carbonyl (C=O) groups is 4. The number of nitrogens with zero attached hydrogens (tertiary/aromatic N) is 6. The molecule has 344 valence electrons. The van der Waals surface area contributed by atoms with Gasteiger partial charge in [0, 0.05) is 89.2 Å². The number of carboxylic acid groups (broad SMARTS) is 1. The fraction of sp³-hybridized carbons (Fsp3) is 0.304. The first kappa shape index (κ1) is 48.6. The first-order valence-corrected chi connectivity index (χ1v) is 21.8. The summed E-state index contributed by atoms with van der Waals surface area (Å²) in [5, 5.41) is 36.4. The van der Waals surface area contributed by atoms with Crippen molar-refractivity contribution >= 4 is 58.7 Å². The Morgan fingerprint density at radius 1 is 0.697 bits per heavy atom. The lowest BCUT2D eigenvalue weighted by atomic mass is 10.1. The molecule has 0 bridgehead atoms. The molecule has 6 aromatic rings. The van der Waals surface area contributed by atoms with E-state index in [0.717, 1.165) is 36.1 Å². The summed E-state index contributed by atoms with van der Waals surface area (Å²) in [6.07, 6.45) is 3.51. The number of benzene rings is 3. The highest BCUT2D eigenvalue weighted by Gasteiger charge is 2.30. The number of hydrogen-bond donors (Lipinski definition) is 3. The average Bonchev–Trinajstić information content (AvgIpc) is 4.15. The second-order valence-corrected chi connectivity index (χ2v) is 17.6. The molecule has 3 aromatic heterocycles. The van der Waals surface area contributed by atoms with Gasteiger partial charge >= 0.3 is 12.1 Å². The Morgan fingerprint density at radius 2 is 1.12 bits per heavy atom. The van der Waals surface area contributed by atoms with Crippen molar-refractivity contribution in [1.29, 1.82) is 5.26 Å². The van der Waals surface area contributed by atoms with Gasteiger partial charge in [-0.1, -0.05) is 86.7 Å². The molecule has 3 amide bonds. The summed E-state index contributed by atoms with van der Waals surface area (Å²) >= 11 is 17.7. The van der Waals surface area contributed by atoms with Crippen molar-refractivity contribution in [3.05, 3.63) is 123 Å².